The number of amides is 2. The average Bonchev–Trinajstić information content (AvgIpc) is 2.64. The molecule has 2 amide bonds. The van der Waals surface area contributed by atoms with Gasteiger partial charge < -0.3 is 4.74 Å². The maximum atomic E-state index is 11.9. The molecule has 5 nitrogen and oxygen atoms in total. The van der Waals surface area contributed by atoms with Crippen LogP contribution in [0.5, 0.6) is 0 Å². The molecule has 0 bridgehead atoms. The number of rotatable bonds is 4. The summed E-state index contributed by atoms with van der Waals surface area (Å²) >= 11 is 0. The van der Waals surface area contributed by atoms with E-state index in [4.69, 9.17) is 4.74 Å². The van der Waals surface area contributed by atoms with E-state index in [0.29, 0.717) is 13.0 Å². The summed E-state index contributed by atoms with van der Waals surface area (Å²) in [6.45, 7) is 4.08. The summed E-state index contributed by atoms with van der Waals surface area (Å²) in [6, 6.07) is 3.73. The van der Waals surface area contributed by atoms with Crippen LogP contribution >= 0.6 is 0 Å². The van der Waals surface area contributed by atoms with Crippen LogP contribution in [0.3, 0.4) is 0 Å². The Labute approximate surface area is 106 Å². The highest BCUT2D eigenvalue weighted by molar-refractivity contribution is 6.00. The third kappa shape index (κ3) is 2.50. The van der Waals surface area contributed by atoms with Crippen LogP contribution < -0.4 is 0 Å². The zero-order valence-electron chi connectivity index (χ0n) is 10.5. The van der Waals surface area contributed by atoms with E-state index in [9.17, 15) is 9.59 Å². The smallest absolute Gasteiger partial charge is 0.417 e. The summed E-state index contributed by atoms with van der Waals surface area (Å²) in [4.78, 5) is 28.6. The van der Waals surface area contributed by atoms with Crippen molar-refractivity contribution in [3.05, 3.63) is 30.1 Å². The largest absolute Gasteiger partial charge is 0.435 e. The molecule has 2 rings (SSSR count). The van der Waals surface area contributed by atoms with E-state index in [-0.39, 0.29) is 11.8 Å². The van der Waals surface area contributed by atoms with Gasteiger partial charge in [0.05, 0.1) is 0 Å². The lowest BCUT2D eigenvalue weighted by Gasteiger charge is -2.12. The zero-order chi connectivity index (χ0) is 13.1. The molecule has 0 aliphatic carbocycles. The molecule has 1 aliphatic heterocycles. The first-order valence-corrected chi connectivity index (χ1v) is 6.00. The van der Waals surface area contributed by atoms with E-state index in [0.717, 1.165) is 5.56 Å². The molecule has 96 valence electrons. The number of ether oxygens (including phenoxy) is 1. The second-order valence-electron chi connectivity index (χ2n) is 4.64. The molecule has 1 aliphatic rings. The lowest BCUT2D eigenvalue weighted by Crippen LogP contribution is -2.34. The molecule has 18 heavy (non-hydrogen) atoms. The van der Waals surface area contributed by atoms with Crippen molar-refractivity contribution in [3.8, 4) is 0 Å². The van der Waals surface area contributed by atoms with Crippen molar-refractivity contribution in [3.63, 3.8) is 0 Å². The van der Waals surface area contributed by atoms with Gasteiger partial charge in [-0.2, -0.15) is 0 Å². The predicted octanol–water partition coefficient (Wildman–Crippen LogP) is 1.63. The molecule has 0 radical (unpaired) electrons. The third-order valence-corrected chi connectivity index (χ3v) is 2.94. The fourth-order valence-corrected chi connectivity index (χ4v) is 1.88. The van der Waals surface area contributed by atoms with Crippen molar-refractivity contribution in [1.82, 2.24) is 9.88 Å². The van der Waals surface area contributed by atoms with E-state index < -0.39 is 12.2 Å². The number of pyridine rings is 1. The molecule has 0 saturated carbocycles. The summed E-state index contributed by atoms with van der Waals surface area (Å²) in [7, 11) is 0. The highest BCUT2D eigenvalue weighted by Crippen LogP contribution is 2.19. The quantitative estimate of drug-likeness (QED) is 0.812. The lowest BCUT2D eigenvalue weighted by atomic mass is 10.1. The van der Waals surface area contributed by atoms with Crippen LogP contribution in [0, 0.1) is 5.92 Å². The number of hydrogen-bond donors (Lipinski definition) is 0. The van der Waals surface area contributed by atoms with Crippen LogP contribution in [0.15, 0.2) is 24.5 Å². The van der Waals surface area contributed by atoms with Gasteiger partial charge >= 0.3 is 6.09 Å². The minimum atomic E-state index is -0.630. The highest BCUT2D eigenvalue weighted by Gasteiger charge is 2.41. The molecule has 5 heteroatoms. The van der Waals surface area contributed by atoms with Gasteiger partial charge in [0, 0.05) is 18.9 Å². The van der Waals surface area contributed by atoms with Gasteiger partial charge in [0.15, 0.2) is 6.10 Å². The lowest BCUT2D eigenvalue weighted by molar-refractivity contribution is -0.131. The monoisotopic (exact) mass is 248 g/mol. The number of nitrogens with zero attached hydrogens (tertiary/aromatic N) is 2. The van der Waals surface area contributed by atoms with Crippen LogP contribution in [-0.2, 0) is 16.0 Å². The Morgan fingerprint density at radius 2 is 2.00 bits per heavy atom. The summed E-state index contributed by atoms with van der Waals surface area (Å²) in [5, 5.41) is 0. The summed E-state index contributed by atoms with van der Waals surface area (Å²) < 4.78 is 5.06. The van der Waals surface area contributed by atoms with Gasteiger partial charge in [-0.15, -0.1) is 0 Å². The van der Waals surface area contributed by atoms with Crippen LogP contribution in [0.1, 0.15) is 19.4 Å². The molecule has 1 saturated heterocycles. The van der Waals surface area contributed by atoms with Crippen LogP contribution in [-0.4, -0.2) is 34.5 Å². The Bertz CT molecular complexity index is 445. The van der Waals surface area contributed by atoms with Crippen molar-refractivity contribution < 1.29 is 14.3 Å². The molecule has 1 fully saturated rings. The van der Waals surface area contributed by atoms with Gasteiger partial charge in [-0.25, -0.2) is 9.69 Å². The SMILES string of the molecule is CC(C)C1OC(=O)N(CCc2ccncc2)C1=O. The van der Waals surface area contributed by atoms with Gasteiger partial charge in [-0.1, -0.05) is 13.8 Å². The summed E-state index contributed by atoms with van der Waals surface area (Å²) in [5.74, 6) is -0.226. The molecule has 1 unspecified atom stereocenters. The second kappa shape index (κ2) is 5.16. The molecule has 0 spiro atoms. The number of cyclic esters (lactones) is 1. The number of hydrogen-bond acceptors (Lipinski definition) is 4. The Kier molecular flexibility index (Phi) is 3.60. The number of carbonyl (C=O) groups excluding carboxylic acids is 2. The van der Waals surface area contributed by atoms with Crippen LogP contribution in [0.25, 0.3) is 0 Å². The molecular weight excluding hydrogens is 232 g/mol. The zero-order valence-corrected chi connectivity index (χ0v) is 10.5. The van der Waals surface area contributed by atoms with E-state index in [1.54, 1.807) is 12.4 Å². The Morgan fingerprint density at radius 1 is 1.33 bits per heavy atom. The second-order valence-corrected chi connectivity index (χ2v) is 4.64. The van der Waals surface area contributed by atoms with E-state index in [1.165, 1.54) is 4.90 Å². The standard InChI is InChI=1S/C13H16N2O3/c1-9(2)11-12(16)15(13(17)18-11)8-5-10-3-6-14-7-4-10/h3-4,6-7,9,11H,5,8H2,1-2H3. The maximum absolute atomic E-state index is 11.9. The Hall–Kier alpha value is -1.91. The number of imide groups is 1. The molecule has 0 aromatic carbocycles. The van der Waals surface area contributed by atoms with E-state index in [1.807, 2.05) is 26.0 Å². The molecule has 1 atom stereocenters. The van der Waals surface area contributed by atoms with Gasteiger partial charge in [0.1, 0.15) is 0 Å². The van der Waals surface area contributed by atoms with Gasteiger partial charge in [-0.05, 0) is 30.0 Å². The van der Waals surface area contributed by atoms with Crippen LogP contribution in [0.4, 0.5) is 4.79 Å². The fraction of sp³-hybridized carbons (Fsp3) is 0.462. The van der Waals surface area contributed by atoms with Gasteiger partial charge in [0.2, 0.25) is 0 Å². The van der Waals surface area contributed by atoms with E-state index in [2.05, 4.69) is 4.98 Å². The first-order valence-electron chi connectivity index (χ1n) is 6.00. The third-order valence-electron chi connectivity index (χ3n) is 2.94. The topological polar surface area (TPSA) is 59.5 Å². The Balaban J connectivity index is 1.98. The molecule has 0 N–H and O–H groups in total. The summed E-state index contributed by atoms with van der Waals surface area (Å²) in [5.41, 5.74) is 1.04. The van der Waals surface area contributed by atoms with Crippen molar-refractivity contribution in [2.75, 3.05) is 6.54 Å². The Morgan fingerprint density at radius 3 is 2.56 bits per heavy atom. The first kappa shape index (κ1) is 12.5. The van der Waals surface area contributed by atoms with Gasteiger partial charge in [-0.3, -0.25) is 9.78 Å². The van der Waals surface area contributed by atoms with Crippen molar-refractivity contribution in [2.24, 2.45) is 5.92 Å². The molecular formula is C13H16N2O3. The molecule has 1 aromatic rings. The average molecular weight is 248 g/mol. The summed E-state index contributed by atoms with van der Waals surface area (Å²) in [6.07, 6.45) is 2.84. The number of aromatic nitrogens is 1. The molecule has 1 aromatic heterocycles. The van der Waals surface area contributed by atoms with Crippen molar-refractivity contribution in [2.45, 2.75) is 26.4 Å². The molecule has 2 heterocycles. The van der Waals surface area contributed by atoms with Crippen molar-refractivity contribution in [1.29, 1.82) is 0 Å². The fourth-order valence-electron chi connectivity index (χ4n) is 1.88. The first-order chi connectivity index (χ1) is 8.59. The minimum Gasteiger partial charge on any atom is -0.435 e. The normalized spacial score (nSPS) is 19.5. The number of carbonyl (C=O) groups is 2. The van der Waals surface area contributed by atoms with Crippen LogP contribution in [0.2, 0.25) is 0 Å². The van der Waals surface area contributed by atoms with Crippen molar-refractivity contribution >= 4 is 12.0 Å². The van der Waals surface area contributed by atoms with E-state index >= 15 is 0 Å². The highest BCUT2D eigenvalue weighted by atomic mass is 16.6. The minimum absolute atomic E-state index is 0.00683. The maximum Gasteiger partial charge on any atom is 0.417 e. The predicted molar refractivity (Wildman–Crippen MR) is 64.8 cm³/mol. The van der Waals surface area contributed by atoms with Gasteiger partial charge in [0.25, 0.3) is 5.91 Å².